The van der Waals surface area contributed by atoms with Gasteiger partial charge in [0.25, 0.3) is 0 Å². The van der Waals surface area contributed by atoms with Gasteiger partial charge in [0.2, 0.25) is 0 Å². The van der Waals surface area contributed by atoms with Gasteiger partial charge in [-0.25, -0.2) is 0 Å². The topological polar surface area (TPSA) is 35.5 Å². The van der Waals surface area contributed by atoms with Crippen LogP contribution in [0.1, 0.15) is 60.3 Å². The van der Waals surface area contributed by atoms with E-state index in [9.17, 15) is 5.11 Å². The lowest BCUT2D eigenvalue weighted by Crippen LogP contribution is -2.54. The molecule has 0 aliphatic heterocycles. The summed E-state index contributed by atoms with van der Waals surface area (Å²) < 4.78 is 0. The molecule has 0 heterocycles. The van der Waals surface area contributed by atoms with Crippen LogP contribution in [0.4, 0.5) is 0 Å². The van der Waals surface area contributed by atoms with E-state index in [-0.39, 0.29) is 12.1 Å². The summed E-state index contributed by atoms with van der Waals surface area (Å²) in [5.41, 5.74) is -0.0317. The Kier molecular flexibility index (Phi) is 6.96. The first-order valence-electron chi connectivity index (χ1n) is 8.41. The number of nitrogens with one attached hydrogen (secondary N) is 1. The van der Waals surface area contributed by atoms with Crippen LogP contribution in [0.5, 0.6) is 0 Å². The largest absolute Gasteiger partial charge is 0.394 e. The summed E-state index contributed by atoms with van der Waals surface area (Å²) >= 11 is 0. The predicted octanol–water partition coefficient (Wildman–Crippen LogP) is 2.88. The Morgan fingerprint density at radius 3 is 2.40 bits per heavy atom. The molecule has 1 saturated carbocycles. The highest BCUT2D eigenvalue weighted by Gasteiger charge is 2.42. The second kappa shape index (κ2) is 7.77. The second-order valence-corrected chi connectivity index (χ2v) is 7.46. The van der Waals surface area contributed by atoms with Crippen molar-refractivity contribution in [3.05, 3.63) is 0 Å². The third-order valence-corrected chi connectivity index (χ3v) is 5.31. The lowest BCUT2D eigenvalue weighted by Gasteiger charge is -2.38. The van der Waals surface area contributed by atoms with Crippen molar-refractivity contribution in [2.75, 3.05) is 20.2 Å². The maximum Gasteiger partial charge on any atom is 0.0616 e. The molecule has 20 heavy (non-hydrogen) atoms. The van der Waals surface area contributed by atoms with Crippen molar-refractivity contribution in [1.82, 2.24) is 10.2 Å². The summed E-state index contributed by atoms with van der Waals surface area (Å²) in [5, 5.41) is 13.6. The summed E-state index contributed by atoms with van der Waals surface area (Å²) in [6.45, 7) is 12.7. The maximum absolute atomic E-state index is 9.92. The zero-order valence-electron chi connectivity index (χ0n) is 14.4. The first-order chi connectivity index (χ1) is 9.32. The van der Waals surface area contributed by atoms with Crippen molar-refractivity contribution in [1.29, 1.82) is 0 Å². The lowest BCUT2D eigenvalue weighted by atomic mass is 9.84. The van der Waals surface area contributed by atoms with Crippen LogP contribution in [0.25, 0.3) is 0 Å². The fourth-order valence-corrected chi connectivity index (χ4v) is 3.66. The summed E-state index contributed by atoms with van der Waals surface area (Å²) in [6.07, 6.45) is 4.81. The van der Waals surface area contributed by atoms with E-state index in [0.717, 1.165) is 13.0 Å². The molecule has 0 aromatic heterocycles. The Labute approximate surface area is 126 Å². The standard InChI is InChI=1S/C17H36N2O/c1-13(2)15(5)19(6)11-9-16-8-7-10-17(16,12-20)18-14(3)4/h13-16,18,20H,7-12H2,1-6H3. The van der Waals surface area contributed by atoms with Gasteiger partial charge in [-0.15, -0.1) is 0 Å². The lowest BCUT2D eigenvalue weighted by molar-refractivity contribution is 0.0992. The molecule has 1 aliphatic carbocycles. The number of aliphatic hydroxyl groups is 1. The Morgan fingerprint density at radius 1 is 1.25 bits per heavy atom. The van der Waals surface area contributed by atoms with Crippen molar-refractivity contribution in [2.24, 2.45) is 11.8 Å². The monoisotopic (exact) mass is 284 g/mol. The van der Waals surface area contributed by atoms with Crippen molar-refractivity contribution in [2.45, 2.75) is 77.9 Å². The van der Waals surface area contributed by atoms with Gasteiger partial charge in [0.05, 0.1) is 6.61 Å². The highest BCUT2D eigenvalue weighted by molar-refractivity contribution is 5.00. The van der Waals surface area contributed by atoms with Crippen LogP contribution < -0.4 is 5.32 Å². The molecule has 3 atom stereocenters. The molecule has 0 spiro atoms. The minimum atomic E-state index is -0.0317. The molecule has 0 aromatic carbocycles. The molecule has 120 valence electrons. The van der Waals surface area contributed by atoms with Gasteiger partial charge >= 0.3 is 0 Å². The van der Waals surface area contributed by atoms with Gasteiger partial charge in [-0.2, -0.15) is 0 Å². The Morgan fingerprint density at radius 2 is 1.90 bits per heavy atom. The average molecular weight is 284 g/mol. The molecule has 0 aromatic rings. The maximum atomic E-state index is 9.92. The molecular weight excluding hydrogens is 248 g/mol. The third kappa shape index (κ3) is 4.44. The first-order valence-corrected chi connectivity index (χ1v) is 8.41. The molecule has 0 radical (unpaired) electrons. The first kappa shape index (κ1) is 17.9. The molecular formula is C17H36N2O. The quantitative estimate of drug-likeness (QED) is 0.719. The number of nitrogens with zero attached hydrogens (tertiary/aromatic N) is 1. The smallest absolute Gasteiger partial charge is 0.0616 e. The molecule has 1 aliphatic rings. The van der Waals surface area contributed by atoms with E-state index in [1.807, 2.05) is 0 Å². The molecule has 0 saturated heterocycles. The Bertz CT molecular complexity index is 280. The number of hydrogen-bond acceptors (Lipinski definition) is 3. The normalized spacial score (nSPS) is 28.8. The van der Waals surface area contributed by atoms with E-state index in [2.05, 4.69) is 51.9 Å². The van der Waals surface area contributed by atoms with Gasteiger partial charge in [-0.1, -0.05) is 34.1 Å². The molecule has 0 amide bonds. The van der Waals surface area contributed by atoms with Crippen molar-refractivity contribution in [3.63, 3.8) is 0 Å². The van der Waals surface area contributed by atoms with E-state index in [1.54, 1.807) is 0 Å². The van der Waals surface area contributed by atoms with Crippen LogP contribution in [0.2, 0.25) is 0 Å². The Balaban J connectivity index is 2.57. The van der Waals surface area contributed by atoms with Crippen LogP contribution >= 0.6 is 0 Å². The van der Waals surface area contributed by atoms with Crippen molar-refractivity contribution < 1.29 is 5.11 Å². The van der Waals surface area contributed by atoms with Gasteiger partial charge in [0.15, 0.2) is 0 Å². The summed E-state index contributed by atoms with van der Waals surface area (Å²) in [4.78, 5) is 2.47. The van der Waals surface area contributed by atoms with E-state index >= 15 is 0 Å². The second-order valence-electron chi connectivity index (χ2n) is 7.46. The number of rotatable bonds is 8. The van der Waals surface area contributed by atoms with Crippen LogP contribution in [0, 0.1) is 11.8 Å². The van der Waals surface area contributed by atoms with Crippen molar-refractivity contribution in [3.8, 4) is 0 Å². The summed E-state index contributed by atoms with van der Waals surface area (Å²) in [6, 6.07) is 1.06. The zero-order valence-corrected chi connectivity index (χ0v) is 14.4. The molecule has 1 fully saturated rings. The van der Waals surface area contributed by atoms with Crippen LogP contribution in [-0.2, 0) is 0 Å². The van der Waals surface area contributed by atoms with E-state index in [0.29, 0.717) is 23.9 Å². The zero-order chi connectivity index (χ0) is 15.3. The molecule has 3 nitrogen and oxygen atoms in total. The minimum absolute atomic E-state index is 0.0317. The van der Waals surface area contributed by atoms with Gasteiger partial charge in [-0.05, 0) is 51.6 Å². The fraction of sp³-hybridized carbons (Fsp3) is 1.00. The van der Waals surface area contributed by atoms with Gasteiger partial charge in [-0.3, -0.25) is 0 Å². The summed E-state index contributed by atoms with van der Waals surface area (Å²) in [5.74, 6) is 1.30. The van der Waals surface area contributed by atoms with Crippen molar-refractivity contribution >= 4 is 0 Å². The molecule has 2 N–H and O–H groups in total. The summed E-state index contributed by atoms with van der Waals surface area (Å²) in [7, 11) is 2.23. The molecule has 0 bridgehead atoms. The minimum Gasteiger partial charge on any atom is -0.394 e. The van der Waals surface area contributed by atoms with Crippen LogP contribution in [-0.4, -0.2) is 47.8 Å². The number of hydrogen-bond donors (Lipinski definition) is 2. The van der Waals surface area contributed by atoms with E-state index < -0.39 is 0 Å². The average Bonchev–Trinajstić information content (AvgIpc) is 2.77. The third-order valence-electron chi connectivity index (χ3n) is 5.31. The SMILES string of the molecule is CC(C)NC1(CO)CCCC1CCN(C)C(C)C(C)C. The van der Waals surface area contributed by atoms with Gasteiger partial charge in [0, 0.05) is 17.6 Å². The molecule has 1 rings (SSSR count). The van der Waals surface area contributed by atoms with E-state index in [1.165, 1.54) is 19.3 Å². The fourth-order valence-electron chi connectivity index (χ4n) is 3.66. The highest BCUT2D eigenvalue weighted by Crippen LogP contribution is 2.38. The molecule has 3 heteroatoms. The Hall–Kier alpha value is -0.120. The molecule has 3 unspecified atom stereocenters. The van der Waals surface area contributed by atoms with Gasteiger partial charge < -0.3 is 15.3 Å². The predicted molar refractivity (Wildman–Crippen MR) is 87.0 cm³/mol. The van der Waals surface area contributed by atoms with Gasteiger partial charge in [0.1, 0.15) is 0 Å². The van der Waals surface area contributed by atoms with Crippen LogP contribution in [0.3, 0.4) is 0 Å². The number of aliphatic hydroxyl groups excluding tert-OH is 1. The van der Waals surface area contributed by atoms with Crippen LogP contribution in [0.15, 0.2) is 0 Å². The van der Waals surface area contributed by atoms with E-state index in [4.69, 9.17) is 0 Å². The highest BCUT2D eigenvalue weighted by atomic mass is 16.3.